The predicted octanol–water partition coefficient (Wildman–Crippen LogP) is 4.05. The van der Waals surface area contributed by atoms with E-state index in [0.29, 0.717) is 28.0 Å². The summed E-state index contributed by atoms with van der Waals surface area (Å²) >= 11 is 12.1. The molecule has 1 unspecified atom stereocenters. The molecule has 2 aromatic rings. The number of carbonyl (C=O) groups excluding carboxylic acids is 2. The molecule has 1 N–H and O–H groups in total. The van der Waals surface area contributed by atoms with Gasteiger partial charge in [0.05, 0.1) is 16.6 Å². The summed E-state index contributed by atoms with van der Waals surface area (Å²) in [4.78, 5) is 28.4. The third-order valence-electron chi connectivity index (χ3n) is 4.35. The second-order valence-electron chi connectivity index (χ2n) is 6.43. The number of amides is 2. The van der Waals surface area contributed by atoms with Gasteiger partial charge in [-0.25, -0.2) is 0 Å². The van der Waals surface area contributed by atoms with Gasteiger partial charge in [-0.15, -0.1) is 0 Å². The number of carbonyl (C=O) groups is 2. The van der Waals surface area contributed by atoms with Gasteiger partial charge in [0.15, 0.2) is 0 Å². The summed E-state index contributed by atoms with van der Waals surface area (Å²) in [5, 5.41) is 3.77. The fourth-order valence-electron chi connectivity index (χ4n) is 2.90. The third kappa shape index (κ3) is 3.94. The quantitative estimate of drug-likeness (QED) is 0.854. The summed E-state index contributed by atoms with van der Waals surface area (Å²) in [6.07, 6.45) is 0.153. The van der Waals surface area contributed by atoms with E-state index in [1.807, 2.05) is 43.3 Å². The number of nitrogens with zero attached hydrogens (tertiary/aromatic N) is 2. The lowest BCUT2D eigenvalue weighted by atomic mass is 10.1. The SMILES string of the molecule is CN(C)c1ccc(NC(=O)C2CC(=O)N(c3ccc(Cl)cc3Cl)C2)cc1. The van der Waals surface area contributed by atoms with E-state index in [1.54, 1.807) is 18.2 Å². The van der Waals surface area contributed by atoms with E-state index in [0.717, 1.165) is 5.69 Å². The number of nitrogens with one attached hydrogen (secondary N) is 1. The van der Waals surface area contributed by atoms with Crippen LogP contribution in [-0.2, 0) is 9.59 Å². The molecule has 0 bridgehead atoms. The summed E-state index contributed by atoms with van der Waals surface area (Å²) in [6.45, 7) is 0.293. The van der Waals surface area contributed by atoms with Crippen LogP contribution in [0.4, 0.5) is 17.1 Å². The largest absolute Gasteiger partial charge is 0.378 e. The molecule has 0 aromatic heterocycles. The predicted molar refractivity (Wildman–Crippen MR) is 106 cm³/mol. The van der Waals surface area contributed by atoms with Crippen molar-refractivity contribution in [3.8, 4) is 0 Å². The molecule has 7 heteroatoms. The highest BCUT2D eigenvalue weighted by Gasteiger charge is 2.36. The molecule has 2 aromatic carbocycles. The maximum Gasteiger partial charge on any atom is 0.229 e. The summed E-state index contributed by atoms with van der Waals surface area (Å²) in [5.41, 5.74) is 2.32. The van der Waals surface area contributed by atoms with Gasteiger partial charge in [-0.1, -0.05) is 23.2 Å². The lowest BCUT2D eigenvalue weighted by Gasteiger charge is -2.18. The molecule has 136 valence electrons. The summed E-state index contributed by atoms with van der Waals surface area (Å²) < 4.78 is 0. The van der Waals surface area contributed by atoms with Gasteiger partial charge in [-0.3, -0.25) is 9.59 Å². The highest BCUT2D eigenvalue weighted by Crippen LogP contribution is 2.33. The number of halogens is 2. The molecule has 1 aliphatic heterocycles. The number of benzene rings is 2. The lowest BCUT2D eigenvalue weighted by molar-refractivity contribution is -0.122. The maximum atomic E-state index is 12.5. The molecule has 5 nitrogen and oxygen atoms in total. The molecule has 2 amide bonds. The molecular formula is C19H19Cl2N3O2. The third-order valence-corrected chi connectivity index (χ3v) is 4.89. The van der Waals surface area contributed by atoms with Crippen molar-refractivity contribution in [1.29, 1.82) is 0 Å². The minimum atomic E-state index is -0.428. The topological polar surface area (TPSA) is 52.7 Å². The van der Waals surface area contributed by atoms with E-state index in [9.17, 15) is 9.59 Å². The zero-order valence-corrected chi connectivity index (χ0v) is 16.0. The van der Waals surface area contributed by atoms with Crippen molar-refractivity contribution in [3.63, 3.8) is 0 Å². The first kappa shape index (κ1) is 18.5. The average molecular weight is 392 g/mol. The minimum Gasteiger partial charge on any atom is -0.378 e. The van der Waals surface area contributed by atoms with Crippen LogP contribution in [-0.4, -0.2) is 32.5 Å². The Hall–Kier alpha value is -2.24. The van der Waals surface area contributed by atoms with Gasteiger partial charge in [-0.2, -0.15) is 0 Å². The van der Waals surface area contributed by atoms with Crippen molar-refractivity contribution in [3.05, 3.63) is 52.5 Å². The van der Waals surface area contributed by atoms with Crippen LogP contribution in [0.15, 0.2) is 42.5 Å². The Morgan fingerprint density at radius 1 is 1.15 bits per heavy atom. The average Bonchev–Trinajstić information content (AvgIpc) is 2.97. The Kier molecular flexibility index (Phi) is 5.39. The van der Waals surface area contributed by atoms with Crippen LogP contribution in [0.1, 0.15) is 6.42 Å². The van der Waals surface area contributed by atoms with Gasteiger partial charge in [0.2, 0.25) is 11.8 Å². The fourth-order valence-corrected chi connectivity index (χ4v) is 3.41. The number of hydrogen-bond acceptors (Lipinski definition) is 3. The number of rotatable bonds is 4. The van der Waals surface area contributed by atoms with Crippen molar-refractivity contribution < 1.29 is 9.59 Å². The molecule has 1 fully saturated rings. The van der Waals surface area contributed by atoms with Crippen molar-refractivity contribution in [2.45, 2.75) is 6.42 Å². The summed E-state index contributed by atoms with van der Waals surface area (Å²) in [6, 6.07) is 12.5. The van der Waals surface area contributed by atoms with Crippen LogP contribution in [0.25, 0.3) is 0 Å². The molecular weight excluding hydrogens is 373 g/mol. The number of anilines is 3. The second kappa shape index (κ2) is 7.56. The van der Waals surface area contributed by atoms with Gasteiger partial charge in [0.25, 0.3) is 0 Å². The molecule has 1 saturated heterocycles. The Morgan fingerprint density at radius 2 is 1.85 bits per heavy atom. The van der Waals surface area contributed by atoms with E-state index in [1.165, 1.54) is 4.90 Å². The molecule has 0 saturated carbocycles. The van der Waals surface area contributed by atoms with Gasteiger partial charge in [0, 0.05) is 43.5 Å². The molecule has 0 spiro atoms. The van der Waals surface area contributed by atoms with Crippen LogP contribution in [0.5, 0.6) is 0 Å². The Morgan fingerprint density at radius 3 is 2.46 bits per heavy atom. The zero-order valence-electron chi connectivity index (χ0n) is 14.5. The molecule has 3 rings (SSSR count). The monoisotopic (exact) mass is 391 g/mol. The second-order valence-corrected chi connectivity index (χ2v) is 7.28. The van der Waals surface area contributed by atoms with Crippen LogP contribution in [0.3, 0.4) is 0 Å². The first-order valence-electron chi connectivity index (χ1n) is 8.19. The van der Waals surface area contributed by atoms with Crippen LogP contribution in [0.2, 0.25) is 10.0 Å². The van der Waals surface area contributed by atoms with Crippen LogP contribution < -0.4 is 15.1 Å². The van der Waals surface area contributed by atoms with E-state index in [4.69, 9.17) is 23.2 Å². The minimum absolute atomic E-state index is 0.127. The van der Waals surface area contributed by atoms with Crippen molar-refractivity contribution in [1.82, 2.24) is 0 Å². The van der Waals surface area contributed by atoms with E-state index in [2.05, 4.69) is 5.32 Å². The normalized spacial score (nSPS) is 16.7. The smallest absolute Gasteiger partial charge is 0.229 e. The summed E-state index contributed by atoms with van der Waals surface area (Å²) in [7, 11) is 3.91. The lowest BCUT2D eigenvalue weighted by Crippen LogP contribution is -2.28. The van der Waals surface area contributed by atoms with Crippen molar-refractivity contribution in [2.75, 3.05) is 35.8 Å². The highest BCUT2D eigenvalue weighted by atomic mass is 35.5. The fraction of sp³-hybridized carbons (Fsp3) is 0.263. The molecule has 1 heterocycles. The first-order chi connectivity index (χ1) is 12.3. The Labute approximate surface area is 162 Å². The van der Waals surface area contributed by atoms with E-state index >= 15 is 0 Å². The van der Waals surface area contributed by atoms with E-state index < -0.39 is 5.92 Å². The molecule has 1 atom stereocenters. The first-order valence-corrected chi connectivity index (χ1v) is 8.94. The van der Waals surface area contributed by atoms with Gasteiger partial charge < -0.3 is 15.1 Å². The zero-order chi connectivity index (χ0) is 18.8. The van der Waals surface area contributed by atoms with Gasteiger partial charge >= 0.3 is 0 Å². The van der Waals surface area contributed by atoms with E-state index in [-0.39, 0.29) is 18.2 Å². The van der Waals surface area contributed by atoms with Crippen molar-refractivity contribution in [2.24, 2.45) is 5.92 Å². The molecule has 1 aliphatic rings. The molecule has 0 aliphatic carbocycles. The Bertz CT molecular complexity index is 837. The maximum absolute atomic E-state index is 12.5. The molecule has 0 radical (unpaired) electrons. The van der Waals surface area contributed by atoms with Crippen LogP contribution in [0, 0.1) is 5.92 Å². The van der Waals surface area contributed by atoms with Gasteiger partial charge in [0.1, 0.15) is 0 Å². The highest BCUT2D eigenvalue weighted by molar-refractivity contribution is 6.36. The summed E-state index contributed by atoms with van der Waals surface area (Å²) in [5.74, 6) is -0.733. The van der Waals surface area contributed by atoms with Gasteiger partial charge in [-0.05, 0) is 42.5 Å². The standard InChI is InChI=1S/C19H19Cl2N3O2/c1-23(2)15-6-4-14(5-7-15)22-19(26)12-9-18(25)24(11-12)17-8-3-13(20)10-16(17)21/h3-8,10,12H,9,11H2,1-2H3,(H,22,26). The number of hydrogen-bond donors (Lipinski definition) is 1. The van der Waals surface area contributed by atoms with Crippen LogP contribution >= 0.6 is 23.2 Å². The Balaban J connectivity index is 1.68. The van der Waals surface area contributed by atoms with Crippen molar-refractivity contribution >= 4 is 52.1 Å². The molecule has 26 heavy (non-hydrogen) atoms.